The number of hydrogen-bond acceptors (Lipinski definition) is 4. The molecule has 0 spiro atoms. The van der Waals surface area contributed by atoms with Crippen LogP contribution < -0.4 is 5.73 Å². The fraction of sp³-hybridized carbons (Fsp3) is 0.318. The Kier molecular flexibility index (Phi) is 6.78. The van der Waals surface area contributed by atoms with E-state index in [1.165, 1.54) is 23.2 Å². The highest BCUT2D eigenvalue weighted by Gasteiger charge is 2.41. The van der Waals surface area contributed by atoms with Gasteiger partial charge in [0, 0.05) is 43.4 Å². The molecule has 4 rings (SSSR count). The maximum Gasteiger partial charge on any atom is 0.449 e. The Morgan fingerprint density at radius 2 is 1.83 bits per heavy atom. The smallest absolute Gasteiger partial charge is 0.335 e. The van der Waals surface area contributed by atoms with E-state index in [1.54, 1.807) is 0 Å². The number of hydrogen-bond donors (Lipinski definition) is 1. The van der Waals surface area contributed by atoms with Gasteiger partial charge in [0.15, 0.2) is 11.6 Å². The lowest BCUT2D eigenvalue weighted by atomic mass is 10.0. The molecule has 0 saturated heterocycles. The molecule has 3 heterocycles. The highest BCUT2D eigenvalue weighted by molar-refractivity contribution is 6.29. The summed E-state index contributed by atoms with van der Waals surface area (Å²) in [7, 11) is 0. The van der Waals surface area contributed by atoms with Crippen LogP contribution in [-0.4, -0.2) is 37.9 Å². The Morgan fingerprint density at radius 3 is 2.51 bits per heavy atom. The Labute approximate surface area is 200 Å². The Bertz CT molecular complexity index is 1280. The van der Waals surface area contributed by atoms with E-state index in [9.17, 15) is 31.1 Å². The summed E-state index contributed by atoms with van der Waals surface area (Å²) >= 11 is 5.89. The molecule has 35 heavy (non-hydrogen) atoms. The summed E-state index contributed by atoms with van der Waals surface area (Å²) in [4.78, 5) is 21.8. The first-order valence-corrected chi connectivity index (χ1v) is 10.8. The summed E-state index contributed by atoms with van der Waals surface area (Å²) < 4.78 is 82.3. The van der Waals surface area contributed by atoms with Gasteiger partial charge in [0.1, 0.15) is 11.0 Å². The van der Waals surface area contributed by atoms with Crippen molar-refractivity contribution < 1.29 is 31.1 Å². The average molecular weight is 518 g/mol. The van der Waals surface area contributed by atoms with Crippen molar-refractivity contribution in [2.45, 2.75) is 38.1 Å². The molecule has 1 atom stereocenters. The molecule has 186 valence electrons. The van der Waals surface area contributed by atoms with Crippen molar-refractivity contribution in [3.05, 3.63) is 70.1 Å². The number of pyridine rings is 1. The van der Waals surface area contributed by atoms with Gasteiger partial charge in [-0.2, -0.15) is 13.2 Å². The van der Waals surface area contributed by atoms with Gasteiger partial charge in [0.2, 0.25) is 11.7 Å². The molecule has 2 aromatic heterocycles. The first-order valence-electron chi connectivity index (χ1n) is 10.4. The van der Waals surface area contributed by atoms with Gasteiger partial charge in [-0.25, -0.2) is 23.1 Å². The molecule has 0 radical (unpaired) electrons. The second-order valence-electron chi connectivity index (χ2n) is 8.09. The van der Waals surface area contributed by atoms with Gasteiger partial charge in [0.25, 0.3) is 0 Å². The number of carbonyl (C=O) groups excluding carboxylic acids is 1. The van der Waals surface area contributed by atoms with E-state index < -0.39 is 41.4 Å². The first-order chi connectivity index (χ1) is 16.4. The van der Waals surface area contributed by atoms with Gasteiger partial charge in [-0.15, -0.1) is 0 Å². The lowest BCUT2D eigenvalue weighted by molar-refractivity contribution is -0.148. The molecule has 1 aliphatic rings. The van der Waals surface area contributed by atoms with E-state index >= 15 is 0 Å². The van der Waals surface area contributed by atoms with Crippen LogP contribution in [0.5, 0.6) is 0 Å². The number of nitrogens with two attached hydrogens (primary N) is 1. The maximum atomic E-state index is 13.9. The van der Waals surface area contributed by atoms with Gasteiger partial charge in [0.05, 0.1) is 17.9 Å². The summed E-state index contributed by atoms with van der Waals surface area (Å²) in [5, 5.41) is 0.0667. The highest BCUT2D eigenvalue weighted by Crippen LogP contribution is 2.36. The van der Waals surface area contributed by atoms with Crippen LogP contribution in [0.15, 0.2) is 30.5 Å². The highest BCUT2D eigenvalue weighted by atomic mass is 35.5. The number of imidazole rings is 1. The van der Waals surface area contributed by atoms with Gasteiger partial charge >= 0.3 is 6.18 Å². The summed E-state index contributed by atoms with van der Waals surface area (Å²) in [5.74, 6) is -5.15. The van der Waals surface area contributed by atoms with E-state index in [1.807, 2.05) is 0 Å². The van der Waals surface area contributed by atoms with Crippen LogP contribution in [0.25, 0.3) is 11.3 Å². The molecule has 1 amide bonds. The number of benzene rings is 1. The number of alkyl halides is 3. The van der Waals surface area contributed by atoms with Crippen molar-refractivity contribution in [2.24, 2.45) is 5.73 Å². The molecule has 1 aliphatic heterocycles. The van der Waals surface area contributed by atoms with Gasteiger partial charge in [-0.05, 0) is 30.2 Å². The third-order valence-electron chi connectivity index (χ3n) is 5.62. The molecule has 0 fully saturated rings. The van der Waals surface area contributed by atoms with Crippen LogP contribution in [0, 0.1) is 17.5 Å². The van der Waals surface area contributed by atoms with Crippen molar-refractivity contribution in [3.63, 3.8) is 0 Å². The number of nitrogens with zero attached hydrogens (tertiary/aromatic N) is 4. The molecule has 2 N–H and O–H groups in total. The van der Waals surface area contributed by atoms with Gasteiger partial charge in [-0.1, -0.05) is 11.6 Å². The summed E-state index contributed by atoms with van der Waals surface area (Å²) in [6.07, 6.45) is -3.90. The zero-order valence-corrected chi connectivity index (χ0v) is 18.7. The van der Waals surface area contributed by atoms with Gasteiger partial charge < -0.3 is 15.2 Å². The van der Waals surface area contributed by atoms with Crippen molar-refractivity contribution in [1.29, 1.82) is 0 Å². The van der Waals surface area contributed by atoms with Crippen molar-refractivity contribution in [1.82, 2.24) is 19.4 Å². The van der Waals surface area contributed by atoms with Crippen LogP contribution >= 0.6 is 11.6 Å². The number of halogens is 7. The van der Waals surface area contributed by atoms with Crippen molar-refractivity contribution in [3.8, 4) is 11.3 Å². The van der Waals surface area contributed by atoms with Crippen molar-refractivity contribution >= 4 is 17.5 Å². The number of amides is 1. The zero-order chi connectivity index (χ0) is 25.5. The molecule has 6 nitrogen and oxygen atoms in total. The van der Waals surface area contributed by atoms with E-state index in [4.69, 9.17) is 17.3 Å². The van der Waals surface area contributed by atoms with Gasteiger partial charge in [-0.3, -0.25) is 4.79 Å². The molecule has 13 heteroatoms. The van der Waals surface area contributed by atoms with E-state index in [0.717, 1.165) is 4.57 Å². The van der Waals surface area contributed by atoms with E-state index in [-0.39, 0.29) is 54.6 Å². The molecule has 3 aromatic rings. The predicted molar refractivity (Wildman–Crippen MR) is 113 cm³/mol. The SMILES string of the molecule is N[C@@H](CC(=O)N1CCn2c(C(F)(F)F)nc(-c3ccnc(Cl)c3)c2C1)Cc1cc(F)c(F)cc1F. The fourth-order valence-electron chi connectivity index (χ4n) is 4.01. The lowest BCUT2D eigenvalue weighted by Gasteiger charge is -2.30. The quantitative estimate of drug-likeness (QED) is 0.310. The lowest BCUT2D eigenvalue weighted by Crippen LogP contribution is -2.42. The molecular formula is C22H18ClF6N5O. The molecular weight excluding hydrogens is 500 g/mol. The maximum absolute atomic E-state index is 13.9. The van der Waals surface area contributed by atoms with Crippen LogP contribution in [0.2, 0.25) is 5.15 Å². The average Bonchev–Trinajstić information content (AvgIpc) is 3.17. The standard InChI is InChI=1S/C22H18ClF6N5O/c23-18-7-11(1-2-31-18)20-17-10-33(3-4-34(17)21(32-20)22(27,28)29)19(35)8-13(30)5-12-6-15(25)16(26)9-14(12)24/h1-2,6-7,9,13H,3-5,8,10,30H2/t13-/m1/s1. The van der Waals surface area contributed by atoms with Crippen LogP contribution in [-0.2, 0) is 30.5 Å². The Balaban J connectivity index is 1.55. The van der Waals surface area contributed by atoms with Crippen molar-refractivity contribution in [2.75, 3.05) is 6.54 Å². The second kappa shape index (κ2) is 9.50. The zero-order valence-electron chi connectivity index (χ0n) is 17.9. The summed E-state index contributed by atoms with van der Waals surface area (Å²) in [5.41, 5.74) is 6.25. The minimum absolute atomic E-state index is 0.0206. The Hall–Kier alpha value is -3.12. The monoisotopic (exact) mass is 517 g/mol. The topological polar surface area (TPSA) is 77.0 Å². The number of carbonyl (C=O) groups is 1. The third-order valence-corrected chi connectivity index (χ3v) is 5.83. The fourth-order valence-corrected chi connectivity index (χ4v) is 4.18. The largest absolute Gasteiger partial charge is 0.449 e. The predicted octanol–water partition coefficient (Wildman–Crippen LogP) is 4.34. The normalized spacial score (nSPS) is 14.7. The summed E-state index contributed by atoms with van der Waals surface area (Å²) in [6, 6.07) is 2.98. The molecule has 0 bridgehead atoms. The first kappa shape index (κ1) is 25.0. The van der Waals surface area contributed by atoms with Crippen LogP contribution in [0.4, 0.5) is 26.3 Å². The molecule has 1 aromatic carbocycles. The minimum Gasteiger partial charge on any atom is -0.335 e. The number of rotatable bonds is 5. The third kappa shape index (κ3) is 5.27. The minimum atomic E-state index is -4.72. The Morgan fingerprint density at radius 1 is 1.11 bits per heavy atom. The van der Waals surface area contributed by atoms with Crippen LogP contribution in [0.3, 0.4) is 0 Å². The molecule has 0 unspecified atom stereocenters. The number of aromatic nitrogens is 3. The molecule has 0 aliphatic carbocycles. The number of fused-ring (bicyclic) bond motifs is 1. The van der Waals surface area contributed by atoms with E-state index in [2.05, 4.69) is 9.97 Å². The summed E-state index contributed by atoms with van der Waals surface area (Å²) in [6.45, 7) is -0.369. The van der Waals surface area contributed by atoms with E-state index in [0.29, 0.717) is 17.7 Å². The molecule has 0 saturated carbocycles. The second-order valence-corrected chi connectivity index (χ2v) is 8.48. The van der Waals surface area contributed by atoms with Crippen LogP contribution in [0.1, 0.15) is 23.5 Å².